The number of nitrogens with two attached hydrogens (primary N) is 1. The molecule has 26 heavy (non-hydrogen) atoms. The Morgan fingerprint density at radius 2 is 1.54 bits per heavy atom. The van der Waals surface area contributed by atoms with Crippen LogP contribution in [0.2, 0.25) is 0 Å². The highest BCUT2D eigenvalue weighted by atomic mass is 16.3. The first-order valence-corrected chi connectivity index (χ1v) is 8.61. The molecule has 0 aliphatic heterocycles. The molecule has 0 fully saturated rings. The number of hydrogen-bond donors (Lipinski definition) is 4. The molecule has 0 saturated carbocycles. The third kappa shape index (κ3) is 5.68. The molecule has 1 atom stereocenters. The fraction of sp³-hybridized carbons (Fsp3) is 0.300. The maximum absolute atomic E-state index is 12.2. The van der Waals surface area contributed by atoms with E-state index in [1.807, 2.05) is 0 Å². The lowest BCUT2D eigenvalue weighted by atomic mass is 10.00. The molecule has 1 unspecified atom stereocenters. The summed E-state index contributed by atoms with van der Waals surface area (Å²) in [5.74, 6) is -0.655. The molecule has 2 rings (SSSR count). The summed E-state index contributed by atoms with van der Waals surface area (Å²) in [5.41, 5.74) is 7.62. The van der Waals surface area contributed by atoms with Gasteiger partial charge < -0.3 is 21.3 Å². The Labute approximate surface area is 152 Å². The average Bonchev–Trinajstić information content (AvgIpc) is 2.66. The molecule has 0 aromatic heterocycles. The number of carbonyl (C=O) groups excluding carboxylic acids is 2. The summed E-state index contributed by atoms with van der Waals surface area (Å²) in [6.45, 7) is 0.115. The van der Waals surface area contributed by atoms with Gasteiger partial charge in [0.15, 0.2) is 5.78 Å². The zero-order valence-electron chi connectivity index (χ0n) is 14.5. The number of hydrogen-bond acceptors (Lipinski definition) is 5. The van der Waals surface area contributed by atoms with Crippen LogP contribution in [0.5, 0.6) is 0 Å². The number of rotatable bonds is 9. The second-order valence-corrected chi connectivity index (χ2v) is 6.11. The molecule has 2 aromatic rings. The van der Waals surface area contributed by atoms with Gasteiger partial charge in [0.05, 0.1) is 0 Å². The van der Waals surface area contributed by atoms with Crippen molar-refractivity contribution in [2.45, 2.75) is 31.8 Å². The zero-order valence-corrected chi connectivity index (χ0v) is 14.5. The molecule has 6 nitrogen and oxygen atoms in total. The van der Waals surface area contributed by atoms with Crippen LogP contribution < -0.4 is 11.1 Å². The summed E-state index contributed by atoms with van der Waals surface area (Å²) in [4.78, 5) is 24.4. The maximum Gasteiger partial charge on any atom is 0.255 e. The molecule has 0 aliphatic carbocycles. The minimum Gasteiger partial charge on any atom is -0.399 e. The van der Waals surface area contributed by atoms with Crippen molar-refractivity contribution in [2.75, 3.05) is 17.7 Å². The lowest BCUT2D eigenvalue weighted by molar-refractivity contribution is 0.0724. The number of ketones is 1. The number of nitrogens with one attached hydrogen (secondary N) is 1. The molecule has 0 aliphatic rings. The van der Waals surface area contributed by atoms with Gasteiger partial charge in [-0.1, -0.05) is 25.0 Å². The van der Waals surface area contributed by atoms with E-state index in [1.165, 1.54) is 12.1 Å². The van der Waals surface area contributed by atoms with Gasteiger partial charge in [-0.25, -0.2) is 0 Å². The van der Waals surface area contributed by atoms with Crippen LogP contribution in [0.4, 0.5) is 11.4 Å². The van der Waals surface area contributed by atoms with E-state index < -0.39 is 6.10 Å². The number of unbranched alkanes of at least 4 members (excludes halogenated alkanes) is 2. The maximum atomic E-state index is 12.2. The quantitative estimate of drug-likeness (QED) is 0.313. The van der Waals surface area contributed by atoms with E-state index >= 15 is 0 Å². The van der Waals surface area contributed by atoms with Gasteiger partial charge >= 0.3 is 0 Å². The number of aliphatic hydroxyl groups excluding tert-OH is 2. The summed E-state index contributed by atoms with van der Waals surface area (Å²) in [6, 6.07) is 13.0. The topological polar surface area (TPSA) is 113 Å². The standard InChI is InChI=1S/C20H24N2O4/c21-16-9-11-17(12-10-16)22-20(26)15-7-5-14(6-8-15)19(25)18(24)4-2-1-3-13-23/h5-12,18,23-24H,1-4,13,21H2,(H,22,26). The fourth-order valence-electron chi connectivity index (χ4n) is 2.51. The number of nitrogen functional groups attached to an aromatic ring is 1. The third-order valence-electron chi connectivity index (χ3n) is 4.04. The molecular weight excluding hydrogens is 332 g/mol. The number of carbonyl (C=O) groups is 2. The number of benzene rings is 2. The van der Waals surface area contributed by atoms with E-state index in [9.17, 15) is 14.7 Å². The molecule has 0 bridgehead atoms. The Balaban J connectivity index is 1.93. The van der Waals surface area contributed by atoms with Crippen LogP contribution in [0.3, 0.4) is 0 Å². The SMILES string of the molecule is Nc1ccc(NC(=O)c2ccc(C(=O)C(O)CCCCCO)cc2)cc1. The summed E-state index contributed by atoms with van der Waals surface area (Å²) in [6.07, 6.45) is 1.40. The lowest BCUT2D eigenvalue weighted by Gasteiger charge is -2.10. The predicted octanol–water partition coefficient (Wildman–Crippen LogP) is 2.62. The molecule has 1 amide bonds. The van der Waals surface area contributed by atoms with Crippen LogP contribution >= 0.6 is 0 Å². The lowest BCUT2D eigenvalue weighted by Crippen LogP contribution is -2.20. The average molecular weight is 356 g/mol. The van der Waals surface area contributed by atoms with Gasteiger partial charge in [-0.15, -0.1) is 0 Å². The van der Waals surface area contributed by atoms with Crippen molar-refractivity contribution >= 4 is 23.1 Å². The van der Waals surface area contributed by atoms with Crippen molar-refractivity contribution in [2.24, 2.45) is 0 Å². The Bertz CT molecular complexity index is 726. The third-order valence-corrected chi connectivity index (χ3v) is 4.04. The van der Waals surface area contributed by atoms with Crippen LogP contribution in [0.15, 0.2) is 48.5 Å². The van der Waals surface area contributed by atoms with E-state index in [0.29, 0.717) is 41.8 Å². The molecule has 138 valence electrons. The van der Waals surface area contributed by atoms with E-state index in [2.05, 4.69) is 5.32 Å². The molecule has 2 aromatic carbocycles. The normalized spacial score (nSPS) is 11.8. The first kappa shape index (κ1) is 19.6. The van der Waals surface area contributed by atoms with Crippen LogP contribution in [0.25, 0.3) is 0 Å². The summed E-state index contributed by atoms with van der Waals surface area (Å²) in [5, 5.41) is 21.4. The summed E-state index contributed by atoms with van der Waals surface area (Å²) >= 11 is 0. The first-order chi connectivity index (χ1) is 12.5. The largest absolute Gasteiger partial charge is 0.399 e. The molecular formula is C20H24N2O4. The van der Waals surface area contributed by atoms with Gasteiger partial charge in [-0.3, -0.25) is 9.59 Å². The van der Waals surface area contributed by atoms with Gasteiger partial charge in [-0.05, 0) is 49.2 Å². The van der Waals surface area contributed by atoms with Crippen LogP contribution in [-0.4, -0.2) is 34.6 Å². The highest BCUT2D eigenvalue weighted by Gasteiger charge is 2.17. The van der Waals surface area contributed by atoms with Gasteiger partial charge in [-0.2, -0.15) is 0 Å². The highest BCUT2D eigenvalue weighted by molar-refractivity contribution is 6.05. The number of amides is 1. The molecule has 0 spiro atoms. The van der Waals surface area contributed by atoms with Crippen molar-refractivity contribution in [3.05, 3.63) is 59.7 Å². The second-order valence-electron chi connectivity index (χ2n) is 6.11. The van der Waals surface area contributed by atoms with Crippen molar-refractivity contribution in [3.63, 3.8) is 0 Å². The first-order valence-electron chi connectivity index (χ1n) is 8.61. The Morgan fingerprint density at radius 3 is 2.15 bits per heavy atom. The van der Waals surface area contributed by atoms with Crippen molar-refractivity contribution in [3.8, 4) is 0 Å². The molecule has 0 heterocycles. The van der Waals surface area contributed by atoms with E-state index in [0.717, 1.165) is 6.42 Å². The number of aliphatic hydroxyl groups is 2. The van der Waals surface area contributed by atoms with Gasteiger partial charge in [0.2, 0.25) is 0 Å². The molecule has 5 N–H and O–H groups in total. The minimum absolute atomic E-state index is 0.115. The summed E-state index contributed by atoms with van der Waals surface area (Å²) in [7, 11) is 0. The Morgan fingerprint density at radius 1 is 0.923 bits per heavy atom. The van der Waals surface area contributed by atoms with E-state index in [4.69, 9.17) is 10.8 Å². The molecule has 6 heteroatoms. The minimum atomic E-state index is -1.07. The van der Waals surface area contributed by atoms with Crippen molar-refractivity contribution < 1.29 is 19.8 Å². The monoisotopic (exact) mass is 356 g/mol. The molecule has 0 saturated heterocycles. The Hall–Kier alpha value is -2.70. The fourth-order valence-corrected chi connectivity index (χ4v) is 2.51. The van der Waals surface area contributed by atoms with Gasteiger partial charge in [0.25, 0.3) is 5.91 Å². The van der Waals surface area contributed by atoms with Crippen molar-refractivity contribution in [1.29, 1.82) is 0 Å². The molecule has 0 radical (unpaired) electrons. The second kappa shape index (κ2) is 9.70. The Kier molecular flexibility index (Phi) is 7.32. The predicted molar refractivity (Wildman–Crippen MR) is 101 cm³/mol. The number of anilines is 2. The smallest absolute Gasteiger partial charge is 0.255 e. The summed E-state index contributed by atoms with van der Waals surface area (Å²) < 4.78 is 0. The van der Waals surface area contributed by atoms with Crippen LogP contribution in [0, 0.1) is 0 Å². The number of Topliss-reactive ketones (excluding diaryl/α,β-unsaturated/α-hetero) is 1. The van der Waals surface area contributed by atoms with Gasteiger partial charge in [0.1, 0.15) is 6.10 Å². The van der Waals surface area contributed by atoms with Crippen LogP contribution in [-0.2, 0) is 0 Å². The van der Waals surface area contributed by atoms with E-state index in [-0.39, 0.29) is 18.3 Å². The van der Waals surface area contributed by atoms with Gasteiger partial charge in [0, 0.05) is 29.1 Å². The van der Waals surface area contributed by atoms with Crippen LogP contribution in [0.1, 0.15) is 46.4 Å². The highest BCUT2D eigenvalue weighted by Crippen LogP contribution is 2.14. The van der Waals surface area contributed by atoms with Crippen molar-refractivity contribution in [1.82, 2.24) is 0 Å². The zero-order chi connectivity index (χ0) is 18.9. The van der Waals surface area contributed by atoms with E-state index in [1.54, 1.807) is 36.4 Å².